The molecule has 86 valence electrons. The highest BCUT2D eigenvalue weighted by Crippen LogP contribution is 2.00. The SMILES string of the molecule is CC(Cn1cccn1)NCc1ccn(C)c1. The molecule has 0 amide bonds. The zero-order chi connectivity index (χ0) is 11.4. The third kappa shape index (κ3) is 2.97. The van der Waals surface area contributed by atoms with Crippen molar-refractivity contribution in [1.82, 2.24) is 19.7 Å². The van der Waals surface area contributed by atoms with Crippen LogP contribution < -0.4 is 5.32 Å². The molecule has 2 aromatic heterocycles. The topological polar surface area (TPSA) is 34.8 Å². The summed E-state index contributed by atoms with van der Waals surface area (Å²) in [7, 11) is 2.04. The second-order valence-corrected chi connectivity index (χ2v) is 4.20. The number of aryl methyl sites for hydroxylation is 1. The average molecular weight is 218 g/mol. The first-order chi connectivity index (χ1) is 7.74. The summed E-state index contributed by atoms with van der Waals surface area (Å²) in [4.78, 5) is 0. The molecule has 0 saturated heterocycles. The third-order valence-electron chi connectivity index (χ3n) is 2.57. The number of hydrogen-bond acceptors (Lipinski definition) is 2. The molecule has 0 fully saturated rings. The quantitative estimate of drug-likeness (QED) is 0.823. The van der Waals surface area contributed by atoms with Gasteiger partial charge >= 0.3 is 0 Å². The van der Waals surface area contributed by atoms with Gasteiger partial charge in [0.25, 0.3) is 0 Å². The Morgan fingerprint density at radius 3 is 2.94 bits per heavy atom. The van der Waals surface area contributed by atoms with Gasteiger partial charge in [0.15, 0.2) is 0 Å². The summed E-state index contributed by atoms with van der Waals surface area (Å²) in [6.45, 7) is 3.98. The lowest BCUT2D eigenvalue weighted by atomic mass is 10.3. The van der Waals surface area contributed by atoms with Crippen molar-refractivity contribution >= 4 is 0 Å². The Morgan fingerprint density at radius 2 is 2.31 bits per heavy atom. The van der Waals surface area contributed by atoms with Crippen molar-refractivity contribution in [2.45, 2.75) is 26.1 Å². The Morgan fingerprint density at radius 1 is 1.44 bits per heavy atom. The Kier molecular flexibility index (Phi) is 3.41. The van der Waals surface area contributed by atoms with Gasteiger partial charge < -0.3 is 9.88 Å². The van der Waals surface area contributed by atoms with Crippen LogP contribution in [0.5, 0.6) is 0 Å². The van der Waals surface area contributed by atoms with Gasteiger partial charge in [-0.1, -0.05) is 0 Å². The van der Waals surface area contributed by atoms with Gasteiger partial charge in [-0.2, -0.15) is 5.10 Å². The molecule has 2 aromatic rings. The van der Waals surface area contributed by atoms with E-state index in [2.05, 4.69) is 40.4 Å². The van der Waals surface area contributed by atoms with E-state index in [1.165, 1.54) is 5.56 Å². The molecule has 16 heavy (non-hydrogen) atoms. The van der Waals surface area contributed by atoms with E-state index in [1.54, 1.807) is 0 Å². The summed E-state index contributed by atoms with van der Waals surface area (Å²) >= 11 is 0. The number of nitrogens with zero attached hydrogens (tertiary/aromatic N) is 3. The monoisotopic (exact) mass is 218 g/mol. The summed E-state index contributed by atoms with van der Waals surface area (Å²) in [5.74, 6) is 0. The van der Waals surface area contributed by atoms with E-state index in [-0.39, 0.29) is 0 Å². The molecule has 1 N–H and O–H groups in total. The predicted molar refractivity (Wildman–Crippen MR) is 63.9 cm³/mol. The van der Waals surface area contributed by atoms with E-state index in [1.807, 2.05) is 30.2 Å². The number of rotatable bonds is 5. The molecule has 4 heteroatoms. The fourth-order valence-electron chi connectivity index (χ4n) is 1.71. The lowest BCUT2D eigenvalue weighted by Gasteiger charge is -2.13. The van der Waals surface area contributed by atoms with E-state index in [4.69, 9.17) is 0 Å². The van der Waals surface area contributed by atoms with Crippen LogP contribution in [0.4, 0.5) is 0 Å². The number of nitrogens with one attached hydrogen (secondary N) is 1. The summed E-state index contributed by atoms with van der Waals surface area (Å²) < 4.78 is 4.01. The first-order valence-electron chi connectivity index (χ1n) is 5.55. The van der Waals surface area contributed by atoms with Crippen LogP contribution in [-0.4, -0.2) is 20.4 Å². The van der Waals surface area contributed by atoms with Crippen LogP contribution in [0.25, 0.3) is 0 Å². The van der Waals surface area contributed by atoms with Gasteiger partial charge in [0.05, 0.1) is 6.54 Å². The van der Waals surface area contributed by atoms with Crippen molar-refractivity contribution in [3.63, 3.8) is 0 Å². The average Bonchev–Trinajstić information content (AvgIpc) is 2.87. The zero-order valence-electron chi connectivity index (χ0n) is 9.80. The van der Waals surface area contributed by atoms with Crippen molar-refractivity contribution in [2.24, 2.45) is 7.05 Å². The molecule has 0 radical (unpaired) electrons. The van der Waals surface area contributed by atoms with Gasteiger partial charge in [0.2, 0.25) is 0 Å². The van der Waals surface area contributed by atoms with Crippen LogP contribution in [0, 0.1) is 0 Å². The largest absolute Gasteiger partial charge is 0.357 e. The maximum atomic E-state index is 4.19. The fraction of sp³-hybridized carbons (Fsp3) is 0.417. The maximum absolute atomic E-state index is 4.19. The van der Waals surface area contributed by atoms with Crippen molar-refractivity contribution in [3.05, 3.63) is 42.5 Å². The van der Waals surface area contributed by atoms with Gasteiger partial charge in [-0.3, -0.25) is 4.68 Å². The molecular weight excluding hydrogens is 200 g/mol. The van der Waals surface area contributed by atoms with Crippen LogP contribution in [0.1, 0.15) is 12.5 Å². The van der Waals surface area contributed by atoms with Crippen LogP contribution in [0.15, 0.2) is 36.9 Å². The summed E-state index contributed by atoms with van der Waals surface area (Å²) in [5, 5.41) is 7.66. The van der Waals surface area contributed by atoms with Gasteiger partial charge in [0, 0.05) is 44.4 Å². The fourth-order valence-corrected chi connectivity index (χ4v) is 1.71. The standard InChI is InChI=1S/C12H18N4/c1-11(9-16-6-3-5-14-16)13-8-12-4-7-15(2)10-12/h3-7,10-11,13H,8-9H2,1-2H3. The highest BCUT2D eigenvalue weighted by atomic mass is 15.3. The Balaban J connectivity index is 1.77. The predicted octanol–water partition coefficient (Wildman–Crippen LogP) is 1.40. The number of hydrogen-bond donors (Lipinski definition) is 1. The first-order valence-corrected chi connectivity index (χ1v) is 5.55. The van der Waals surface area contributed by atoms with Crippen molar-refractivity contribution in [3.8, 4) is 0 Å². The minimum atomic E-state index is 0.417. The van der Waals surface area contributed by atoms with Gasteiger partial charge in [-0.15, -0.1) is 0 Å². The minimum absolute atomic E-state index is 0.417. The highest BCUT2D eigenvalue weighted by Gasteiger charge is 2.03. The van der Waals surface area contributed by atoms with E-state index in [0.717, 1.165) is 13.1 Å². The molecule has 2 rings (SSSR count). The second-order valence-electron chi connectivity index (χ2n) is 4.20. The van der Waals surface area contributed by atoms with Gasteiger partial charge in [-0.05, 0) is 24.6 Å². The molecular formula is C12H18N4. The Hall–Kier alpha value is -1.55. The van der Waals surface area contributed by atoms with Gasteiger partial charge in [-0.25, -0.2) is 0 Å². The van der Waals surface area contributed by atoms with Gasteiger partial charge in [0.1, 0.15) is 0 Å². The van der Waals surface area contributed by atoms with Crippen molar-refractivity contribution in [2.75, 3.05) is 0 Å². The highest BCUT2D eigenvalue weighted by molar-refractivity contribution is 5.09. The molecule has 0 aliphatic heterocycles. The van der Waals surface area contributed by atoms with E-state index >= 15 is 0 Å². The van der Waals surface area contributed by atoms with Crippen LogP contribution in [0.2, 0.25) is 0 Å². The summed E-state index contributed by atoms with van der Waals surface area (Å²) in [6.07, 6.45) is 7.99. The third-order valence-corrected chi connectivity index (χ3v) is 2.57. The molecule has 1 atom stereocenters. The van der Waals surface area contributed by atoms with Crippen molar-refractivity contribution < 1.29 is 0 Å². The molecule has 0 aliphatic carbocycles. The van der Waals surface area contributed by atoms with Crippen LogP contribution in [-0.2, 0) is 20.1 Å². The lowest BCUT2D eigenvalue weighted by Crippen LogP contribution is -2.30. The minimum Gasteiger partial charge on any atom is -0.357 e. The molecule has 1 unspecified atom stereocenters. The van der Waals surface area contributed by atoms with Crippen LogP contribution >= 0.6 is 0 Å². The maximum Gasteiger partial charge on any atom is 0.0560 e. The molecule has 0 aliphatic rings. The lowest BCUT2D eigenvalue weighted by molar-refractivity contribution is 0.451. The Bertz CT molecular complexity index is 416. The molecule has 0 bridgehead atoms. The number of aromatic nitrogens is 3. The smallest absolute Gasteiger partial charge is 0.0560 e. The van der Waals surface area contributed by atoms with E-state index < -0.39 is 0 Å². The second kappa shape index (κ2) is 4.99. The molecule has 0 aromatic carbocycles. The summed E-state index contributed by atoms with van der Waals surface area (Å²) in [6, 6.07) is 4.50. The van der Waals surface area contributed by atoms with Crippen molar-refractivity contribution in [1.29, 1.82) is 0 Å². The van der Waals surface area contributed by atoms with E-state index in [9.17, 15) is 0 Å². The summed E-state index contributed by atoms with van der Waals surface area (Å²) in [5.41, 5.74) is 1.31. The zero-order valence-corrected chi connectivity index (χ0v) is 9.80. The normalized spacial score (nSPS) is 12.9. The molecule has 0 saturated carbocycles. The van der Waals surface area contributed by atoms with Crippen LogP contribution in [0.3, 0.4) is 0 Å². The van der Waals surface area contributed by atoms with E-state index in [0.29, 0.717) is 6.04 Å². The Labute approximate surface area is 95.9 Å². The molecule has 4 nitrogen and oxygen atoms in total. The first kappa shape index (κ1) is 11.0. The molecule has 0 spiro atoms. The molecule has 2 heterocycles.